The lowest BCUT2D eigenvalue weighted by atomic mass is 10.1. The van der Waals surface area contributed by atoms with Gasteiger partial charge in [0.2, 0.25) is 10.0 Å². The van der Waals surface area contributed by atoms with E-state index in [0.717, 1.165) is 60.6 Å². The number of benzene rings is 2. The molecule has 10 nitrogen and oxygen atoms in total. The first kappa shape index (κ1) is 31.5. The number of amides is 1. The second-order valence-electron chi connectivity index (χ2n) is 10.1. The summed E-state index contributed by atoms with van der Waals surface area (Å²) in [4.78, 5) is 23.0. The predicted octanol–water partition coefficient (Wildman–Crippen LogP) is 3.57. The standard InChI is InChI=1S/C29H40N4O6S2/c1-22-6-7-23(2)27-26(22)30-29(40-27)33(13-5-12-31-14-20-39-21-15-31)28(34)24-8-10-25(11-9-24)41(35,36)32(16-18-37-3)17-19-38-4/h6-11H,5,12-21H2,1-4H3. The second kappa shape index (κ2) is 14.6. The van der Waals surface area contributed by atoms with Crippen LogP contribution in [0.25, 0.3) is 10.2 Å². The molecule has 2 aromatic carbocycles. The molecule has 0 aliphatic carbocycles. The van der Waals surface area contributed by atoms with Gasteiger partial charge in [-0.25, -0.2) is 13.4 Å². The third-order valence-corrected chi connectivity index (χ3v) is 10.3. The van der Waals surface area contributed by atoms with Gasteiger partial charge < -0.3 is 14.2 Å². The van der Waals surface area contributed by atoms with E-state index < -0.39 is 10.0 Å². The third-order valence-electron chi connectivity index (χ3n) is 7.20. The van der Waals surface area contributed by atoms with Crippen LogP contribution in [0.2, 0.25) is 0 Å². The van der Waals surface area contributed by atoms with E-state index in [-0.39, 0.29) is 37.1 Å². The summed E-state index contributed by atoms with van der Waals surface area (Å²) in [5.74, 6) is -0.207. The smallest absolute Gasteiger partial charge is 0.260 e. The highest BCUT2D eigenvalue weighted by Crippen LogP contribution is 2.34. The first-order valence-electron chi connectivity index (χ1n) is 13.8. The van der Waals surface area contributed by atoms with Gasteiger partial charge in [0, 0.05) is 59.1 Å². The van der Waals surface area contributed by atoms with E-state index in [1.807, 2.05) is 13.0 Å². The van der Waals surface area contributed by atoms with Crippen molar-refractivity contribution < 1.29 is 27.4 Å². The minimum absolute atomic E-state index is 0.117. The molecule has 1 aliphatic heterocycles. The molecule has 1 aliphatic rings. The van der Waals surface area contributed by atoms with Crippen LogP contribution in [0.5, 0.6) is 0 Å². The number of hydrogen-bond donors (Lipinski definition) is 0. The number of anilines is 1. The Labute approximate surface area is 246 Å². The summed E-state index contributed by atoms with van der Waals surface area (Å²) >= 11 is 1.52. The van der Waals surface area contributed by atoms with Gasteiger partial charge in [0.1, 0.15) is 0 Å². The SMILES string of the molecule is COCCN(CCOC)S(=O)(=O)c1ccc(C(=O)N(CCCN2CCOCC2)c2nc3c(C)ccc(C)c3s2)cc1. The summed E-state index contributed by atoms with van der Waals surface area (Å²) in [6, 6.07) is 10.3. The Morgan fingerprint density at radius 3 is 2.22 bits per heavy atom. The fraction of sp³-hybridized carbons (Fsp3) is 0.517. The van der Waals surface area contributed by atoms with Crippen molar-refractivity contribution in [1.29, 1.82) is 0 Å². The van der Waals surface area contributed by atoms with E-state index in [9.17, 15) is 13.2 Å². The van der Waals surface area contributed by atoms with Crippen LogP contribution in [0.3, 0.4) is 0 Å². The predicted molar refractivity (Wildman–Crippen MR) is 162 cm³/mol. The molecule has 41 heavy (non-hydrogen) atoms. The van der Waals surface area contributed by atoms with Gasteiger partial charge in [0.05, 0.1) is 41.5 Å². The molecular formula is C29H40N4O6S2. The van der Waals surface area contributed by atoms with Crippen molar-refractivity contribution in [2.24, 2.45) is 0 Å². The van der Waals surface area contributed by atoms with Crippen molar-refractivity contribution in [2.45, 2.75) is 25.2 Å². The number of sulfonamides is 1. The topological polar surface area (TPSA) is 102 Å². The highest BCUT2D eigenvalue weighted by Gasteiger charge is 2.26. The summed E-state index contributed by atoms with van der Waals surface area (Å²) in [5.41, 5.74) is 3.50. The zero-order chi connectivity index (χ0) is 29.4. The Morgan fingerprint density at radius 2 is 1.61 bits per heavy atom. The van der Waals surface area contributed by atoms with Gasteiger partial charge in [-0.3, -0.25) is 14.6 Å². The Bertz CT molecular complexity index is 1360. The quantitative estimate of drug-likeness (QED) is 0.275. The Kier molecular flexibility index (Phi) is 11.2. The van der Waals surface area contributed by atoms with Gasteiger partial charge >= 0.3 is 0 Å². The van der Waals surface area contributed by atoms with Crippen LogP contribution in [0.15, 0.2) is 41.3 Å². The summed E-state index contributed by atoms with van der Waals surface area (Å²) in [7, 11) is -0.731. The number of fused-ring (bicyclic) bond motifs is 1. The molecule has 0 bridgehead atoms. The average Bonchev–Trinajstić information content (AvgIpc) is 3.44. The van der Waals surface area contributed by atoms with Gasteiger partial charge in [-0.2, -0.15) is 4.31 Å². The van der Waals surface area contributed by atoms with E-state index in [1.165, 1.54) is 42.0 Å². The number of methoxy groups -OCH3 is 2. The van der Waals surface area contributed by atoms with Gasteiger partial charge in [0.25, 0.3) is 5.91 Å². The van der Waals surface area contributed by atoms with Crippen LogP contribution in [-0.2, 0) is 24.2 Å². The summed E-state index contributed by atoms with van der Waals surface area (Å²) in [6.45, 7) is 9.58. The normalized spacial score (nSPS) is 14.7. The maximum atomic E-state index is 13.9. The van der Waals surface area contributed by atoms with E-state index in [1.54, 1.807) is 17.0 Å². The lowest BCUT2D eigenvalue weighted by Crippen LogP contribution is -2.39. The molecule has 3 aromatic rings. The van der Waals surface area contributed by atoms with Crippen molar-refractivity contribution in [3.63, 3.8) is 0 Å². The fourth-order valence-corrected chi connectivity index (χ4v) is 7.28. The average molecular weight is 605 g/mol. The number of aromatic nitrogens is 1. The number of nitrogens with zero attached hydrogens (tertiary/aromatic N) is 4. The molecule has 1 saturated heterocycles. The first-order valence-corrected chi connectivity index (χ1v) is 16.1. The minimum Gasteiger partial charge on any atom is -0.383 e. The van der Waals surface area contributed by atoms with Crippen molar-refractivity contribution in [2.75, 3.05) is 84.8 Å². The molecule has 1 amide bonds. The Hall–Kier alpha value is -2.45. The maximum Gasteiger partial charge on any atom is 0.260 e. The van der Waals surface area contributed by atoms with Crippen LogP contribution < -0.4 is 4.90 Å². The molecule has 2 heterocycles. The molecule has 0 unspecified atom stereocenters. The molecular weight excluding hydrogens is 564 g/mol. The monoisotopic (exact) mass is 604 g/mol. The second-order valence-corrected chi connectivity index (χ2v) is 13.0. The number of ether oxygens (including phenoxy) is 3. The van der Waals surface area contributed by atoms with E-state index in [4.69, 9.17) is 19.2 Å². The highest BCUT2D eigenvalue weighted by atomic mass is 32.2. The summed E-state index contributed by atoms with van der Waals surface area (Å²) < 4.78 is 44.7. The minimum atomic E-state index is -3.79. The van der Waals surface area contributed by atoms with Gasteiger partial charge in [-0.15, -0.1) is 0 Å². The summed E-state index contributed by atoms with van der Waals surface area (Å²) in [6.07, 6.45) is 0.778. The molecule has 1 aromatic heterocycles. The van der Waals surface area contributed by atoms with Crippen LogP contribution in [-0.4, -0.2) is 108 Å². The van der Waals surface area contributed by atoms with E-state index in [0.29, 0.717) is 17.2 Å². The lowest BCUT2D eigenvalue weighted by Gasteiger charge is -2.27. The van der Waals surface area contributed by atoms with Crippen LogP contribution in [0.1, 0.15) is 27.9 Å². The van der Waals surface area contributed by atoms with Gasteiger partial charge in [-0.05, 0) is 55.7 Å². The zero-order valence-electron chi connectivity index (χ0n) is 24.3. The van der Waals surface area contributed by atoms with Crippen molar-refractivity contribution >= 4 is 42.6 Å². The van der Waals surface area contributed by atoms with Crippen molar-refractivity contribution in [3.05, 3.63) is 53.1 Å². The van der Waals surface area contributed by atoms with E-state index in [2.05, 4.69) is 17.9 Å². The molecule has 0 spiro atoms. The number of morpholine rings is 1. The van der Waals surface area contributed by atoms with Gasteiger partial charge in [-0.1, -0.05) is 23.5 Å². The fourth-order valence-electron chi connectivity index (χ4n) is 4.74. The number of thiazole rings is 1. The van der Waals surface area contributed by atoms with Crippen molar-refractivity contribution in [1.82, 2.24) is 14.2 Å². The van der Waals surface area contributed by atoms with Crippen molar-refractivity contribution in [3.8, 4) is 0 Å². The third kappa shape index (κ3) is 7.69. The number of hydrogen-bond acceptors (Lipinski definition) is 9. The first-order chi connectivity index (χ1) is 19.8. The number of carbonyl (C=O) groups excluding carboxylic acids is 1. The molecule has 0 radical (unpaired) electrons. The van der Waals surface area contributed by atoms with Crippen LogP contribution in [0, 0.1) is 13.8 Å². The molecule has 0 N–H and O–H groups in total. The van der Waals surface area contributed by atoms with E-state index >= 15 is 0 Å². The number of rotatable bonds is 14. The maximum absolute atomic E-state index is 13.9. The summed E-state index contributed by atoms with van der Waals surface area (Å²) in [5, 5.41) is 0.645. The lowest BCUT2D eigenvalue weighted by molar-refractivity contribution is 0.0376. The Balaban J connectivity index is 1.59. The molecule has 12 heteroatoms. The molecule has 0 atom stereocenters. The molecule has 1 fully saturated rings. The Morgan fingerprint density at radius 1 is 0.976 bits per heavy atom. The highest BCUT2D eigenvalue weighted by molar-refractivity contribution is 7.89. The molecule has 0 saturated carbocycles. The van der Waals surface area contributed by atoms with Crippen LogP contribution in [0.4, 0.5) is 5.13 Å². The zero-order valence-corrected chi connectivity index (χ0v) is 25.9. The number of aryl methyl sites for hydroxylation is 2. The molecule has 224 valence electrons. The molecule has 4 rings (SSSR count). The largest absolute Gasteiger partial charge is 0.383 e. The van der Waals surface area contributed by atoms with Gasteiger partial charge in [0.15, 0.2) is 5.13 Å². The number of carbonyl (C=O) groups is 1. The van der Waals surface area contributed by atoms with Crippen LogP contribution >= 0.6 is 11.3 Å².